The lowest BCUT2D eigenvalue weighted by molar-refractivity contribution is -0.120. The normalized spacial score (nSPS) is 29.8. The van der Waals surface area contributed by atoms with Crippen LogP contribution in [0.4, 0.5) is 0 Å². The third-order valence-electron chi connectivity index (χ3n) is 2.85. The fraction of sp³-hybridized carbons (Fsp3) is 0.364. The fourth-order valence-corrected chi connectivity index (χ4v) is 2.92. The molecule has 16 heavy (non-hydrogen) atoms. The Morgan fingerprint density at radius 1 is 1.50 bits per heavy atom. The summed E-state index contributed by atoms with van der Waals surface area (Å²) in [5, 5.41) is 0. The van der Waals surface area contributed by atoms with Gasteiger partial charge in [-0.3, -0.25) is 4.79 Å². The highest BCUT2D eigenvalue weighted by Crippen LogP contribution is 2.37. The molecule has 0 bridgehead atoms. The van der Waals surface area contributed by atoms with Crippen molar-refractivity contribution < 1.29 is 9.35 Å². The van der Waals surface area contributed by atoms with Gasteiger partial charge in [0.25, 0.3) is 0 Å². The van der Waals surface area contributed by atoms with E-state index in [9.17, 15) is 9.35 Å². The summed E-state index contributed by atoms with van der Waals surface area (Å²) < 4.78 is 13.7. The molecule has 1 heterocycles. The van der Waals surface area contributed by atoms with E-state index in [1.807, 2.05) is 31.2 Å². The number of amides is 1. The standard InChI is InChI=1S/C11H14N2O2S/c1-8-3-5-9(6-4-8)16(15)13-7-11(13,2)10(12)14/h3-6H,7H2,1-2H3,(H2,12,14). The van der Waals surface area contributed by atoms with Gasteiger partial charge in [0.1, 0.15) is 0 Å². The van der Waals surface area contributed by atoms with Crippen LogP contribution in [0.5, 0.6) is 0 Å². The first-order valence-corrected chi connectivity index (χ1v) is 6.12. The van der Waals surface area contributed by atoms with Gasteiger partial charge in [-0.25, -0.2) is 0 Å². The van der Waals surface area contributed by atoms with Crippen LogP contribution in [0.25, 0.3) is 0 Å². The van der Waals surface area contributed by atoms with Crippen LogP contribution in [0.3, 0.4) is 0 Å². The molecule has 1 aromatic rings. The van der Waals surface area contributed by atoms with E-state index in [1.165, 1.54) is 0 Å². The van der Waals surface area contributed by atoms with Crippen LogP contribution in [0.2, 0.25) is 0 Å². The highest BCUT2D eigenvalue weighted by atomic mass is 32.2. The molecule has 2 N–H and O–H groups in total. The predicted molar refractivity (Wildman–Crippen MR) is 61.9 cm³/mol. The molecule has 2 rings (SSSR count). The van der Waals surface area contributed by atoms with E-state index in [0.29, 0.717) is 11.4 Å². The molecule has 5 heteroatoms. The number of carbonyl (C=O) groups excluding carboxylic acids is 1. The maximum absolute atomic E-state index is 12.1. The van der Waals surface area contributed by atoms with Crippen molar-refractivity contribution in [1.82, 2.24) is 4.31 Å². The molecule has 3 atom stereocenters. The van der Waals surface area contributed by atoms with Crippen molar-refractivity contribution in [3.05, 3.63) is 29.8 Å². The Morgan fingerprint density at radius 2 is 2.06 bits per heavy atom. The molecule has 0 aliphatic carbocycles. The number of rotatable bonds is 3. The number of hydrogen-bond acceptors (Lipinski definition) is 3. The lowest BCUT2D eigenvalue weighted by atomic mass is 10.2. The molecule has 1 aliphatic rings. The first-order valence-electron chi connectivity index (χ1n) is 5.01. The Labute approximate surface area is 97.7 Å². The summed E-state index contributed by atoms with van der Waals surface area (Å²) >= 11 is -1.29. The van der Waals surface area contributed by atoms with Gasteiger partial charge in [0, 0.05) is 0 Å². The molecule has 1 aliphatic heterocycles. The van der Waals surface area contributed by atoms with E-state index in [1.54, 1.807) is 11.2 Å². The van der Waals surface area contributed by atoms with Gasteiger partial charge < -0.3 is 10.3 Å². The van der Waals surface area contributed by atoms with Gasteiger partial charge in [-0.1, -0.05) is 17.7 Å². The largest absolute Gasteiger partial charge is 0.593 e. The van der Waals surface area contributed by atoms with Crippen LogP contribution in [0.15, 0.2) is 29.2 Å². The zero-order chi connectivity index (χ0) is 11.9. The summed E-state index contributed by atoms with van der Waals surface area (Å²) in [6.45, 7) is 4.14. The number of nitrogens with two attached hydrogens (primary N) is 1. The van der Waals surface area contributed by atoms with Crippen LogP contribution >= 0.6 is 0 Å². The topological polar surface area (TPSA) is 69.2 Å². The lowest BCUT2D eigenvalue weighted by Crippen LogP contribution is -2.35. The second-order valence-electron chi connectivity index (χ2n) is 4.24. The Bertz CT molecular complexity index is 420. The van der Waals surface area contributed by atoms with E-state index >= 15 is 0 Å². The highest BCUT2D eigenvalue weighted by molar-refractivity contribution is 7.89. The van der Waals surface area contributed by atoms with E-state index < -0.39 is 22.8 Å². The minimum absolute atomic E-state index is 0.423. The minimum Gasteiger partial charge on any atom is -0.593 e. The van der Waals surface area contributed by atoms with Crippen molar-refractivity contribution >= 4 is 17.3 Å². The third kappa shape index (κ3) is 1.81. The van der Waals surface area contributed by atoms with Crippen LogP contribution in [0.1, 0.15) is 12.5 Å². The third-order valence-corrected chi connectivity index (χ3v) is 4.46. The van der Waals surface area contributed by atoms with Gasteiger partial charge in [0.15, 0.2) is 10.4 Å². The molecule has 0 aromatic heterocycles. The fourth-order valence-electron chi connectivity index (χ4n) is 1.47. The van der Waals surface area contributed by atoms with Gasteiger partial charge in [0.05, 0.1) is 17.9 Å². The smallest absolute Gasteiger partial charge is 0.243 e. The first-order chi connectivity index (χ1) is 7.45. The monoisotopic (exact) mass is 238 g/mol. The number of nitrogens with zero attached hydrogens (tertiary/aromatic N) is 1. The average Bonchev–Trinajstić information content (AvgIpc) is 2.93. The molecule has 0 radical (unpaired) electrons. The lowest BCUT2D eigenvalue weighted by Gasteiger charge is -2.13. The Kier molecular flexibility index (Phi) is 2.69. The molecule has 0 saturated carbocycles. The molecule has 86 valence electrons. The zero-order valence-electron chi connectivity index (χ0n) is 9.27. The second-order valence-corrected chi connectivity index (χ2v) is 5.65. The van der Waals surface area contributed by atoms with E-state index in [-0.39, 0.29) is 0 Å². The van der Waals surface area contributed by atoms with Crippen molar-refractivity contribution in [2.24, 2.45) is 5.73 Å². The summed E-state index contributed by atoms with van der Waals surface area (Å²) in [7, 11) is 0. The highest BCUT2D eigenvalue weighted by Gasteiger charge is 2.61. The molecule has 1 amide bonds. The summed E-state index contributed by atoms with van der Waals surface area (Å²) in [4.78, 5) is 11.8. The molecular weight excluding hydrogens is 224 g/mol. The summed E-state index contributed by atoms with van der Waals surface area (Å²) in [6.07, 6.45) is 0. The maximum Gasteiger partial charge on any atom is 0.243 e. The van der Waals surface area contributed by atoms with Gasteiger partial charge >= 0.3 is 0 Å². The van der Waals surface area contributed by atoms with Crippen molar-refractivity contribution in [2.45, 2.75) is 24.3 Å². The number of primary amides is 1. The molecular formula is C11H14N2O2S. The average molecular weight is 238 g/mol. The number of carbonyl (C=O) groups is 1. The van der Waals surface area contributed by atoms with Crippen molar-refractivity contribution in [3.8, 4) is 0 Å². The first kappa shape index (κ1) is 11.4. The molecule has 1 aromatic carbocycles. The maximum atomic E-state index is 12.1. The molecule has 4 nitrogen and oxygen atoms in total. The summed E-state index contributed by atoms with van der Waals surface area (Å²) in [6, 6.07) is 7.42. The second kappa shape index (κ2) is 3.76. The number of benzene rings is 1. The van der Waals surface area contributed by atoms with Crippen molar-refractivity contribution in [1.29, 1.82) is 0 Å². The zero-order valence-corrected chi connectivity index (χ0v) is 10.1. The Hall–Kier alpha value is -1.04. The summed E-state index contributed by atoms with van der Waals surface area (Å²) in [5.41, 5.74) is 5.62. The minimum atomic E-state index is -1.29. The Morgan fingerprint density at radius 3 is 2.50 bits per heavy atom. The van der Waals surface area contributed by atoms with Crippen LogP contribution in [-0.2, 0) is 16.2 Å². The molecule has 1 saturated heterocycles. The van der Waals surface area contributed by atoms with Gasteiger partial charge in [-0.15, -0.1) is 4.31 Å². The number of aryl methyl sites for hydroxylation is 1. The van der Waals surface area contributed by atoms with Crippen molar-refractivity contribution in [2.75, 3.05) is 6.54 Å². The number of hydrogen-bond donors (Lipinski definition) is 1. The van der Waals surface area contributed by atoms with E-state index in [2.05, 4.69) is 0 Å². The Balaban J connectivity index is 2.13. The van der Waals surface area contributed by atoms with Gasteiger partial charge in [-0.05, 0) is 26.0 Å². The SMILES string of the molecule is Cc1ccc([S+]([O-])N2CC2(C)C(N)=O)cc1. The molecule has 1 fully saturated rings. The van der Waals surface area contributed by atoms with Crippen LogP contribution in [0, 0.1) is 6.92 Å². The van der Waals surface area contributed by atoms with E-state index in [4.69, 9.17) is 5.73 Å². The summed E-state index contributed by atoms with van der Waals surface area (Å²) in [5.74, 6) is -0.423. The van der Waals surface area contributed by atoms with Crippen molar-refractivity contribution in [3.63, 3.8) is 0 Å². The predicted octanol–water partition coefficient (Wildman–Crippen LogP) is 0.577. The van der Waals surface area contributed by atoms with Crippen LogP contribution in [-0.4, -0.2) is 26.8 Å². The van der Waals surface area contributed by atoms with Crippen LogP contribution < -0.4 is 5.73 Å². The van der Waals surface area contributed by atoms with Gasteiger partial charge in [-0.2, -0.15) is 0 Å². The quantitative estimate of drug-likeness (QED) is 0.618. The van der Waals surface area contributed by atoms with Gasteiger partial charge in [0.2, 0.25) is 5.91 Å². The molecule has 3 unspecified atom stereocenters. The molecule has 0 spiro atoms. The van der Waals surface area contributed by atoms with E-state index in [0.717, 1.165) is 5.56 Å².